The Bertz CT molecular complexity index is 259. The van der Waals surface area contributed by atoms with Gasteiger partial charge in [0.1, 0.15) is 0 Å². The summed E-state index contributed by atoms with van der Waals surface area (Å²) < 4.78 is 0. The van der Waals surface area contributed by atoms with Crippen molar-refractivity contribution in [2.75, 3.05) is 13.1 Å². The van der Waals surface area contributed by atoms with Crippen molar-refractivity contribution >= 4 is 0 Å². The van der Waals surface area contributed by atoms with Crippen molar-refractivity contribution in [2.45, 2.75) is 70.4 Å². The molecule has 1 atom stereocenters. The molecule has 0 aromatic rings. The Balaban J connectivity index is 2.77. The van der Waals surface area contributed by atoms with Crippen LogP contribution in [0, 0.1) is 12.3 Å². The Morgan fingerprint density at radius 1 is 1.33 bits per heavy atom. The van der Waals surface area contributed by atoms with Crippen molar-refractivity contribution in [3.05, 3.63) is 0 Å². The quantitative estimate of drug-likeness (QED) is 0.301. The number of rotatable bonds is 8. The summed E-state index contributed by atoms with van der Waals surface area (Å²) in [5.74, 6) is 8.56. The number of hydrogen-bond donors (Lipinski definition) is 2. The van der Waals surface area contributed by atoms with Gasteiger partial charge in [-0.2, -0.15) is 0 Å². The van der Waals surface area contributed by atoms with Crippen LogP contribution < -0.4 is 11.3 Å². The Morgan fingerprint density at radius 2 is 1.94 bits per heavy atom. The molecule has 0 heterocycles. The third-order valence-electron chi connectivity index (χ3n) is 4.53. The van der Waals surface area contributed by atoms with Crippen LogP contribution in [0.15, 0.2) is 0 Å². The van der Waals surface area contributed by atoms with Crippen molar-refractivity contribution in [3.63, 3.8) is 0 Å². The third-order valence-corrected chi connectivity index (χ3v) is 4.53. The lowest BCUT2D eigenvalue weighted by Crippen LogP contribution is -2.61. The van der Waals surface area contributed by atoms with Gasteiger partial charge in [-0.15, -0.1) is 12.3 Å². The first-order chi connectivity index (χ1) is 8.75. The summed E-state index contributed by atoms with van der Waals surface area (Å²) in [5.41, 5.74) is 3.34. The lowest BCUT2D eigenvalue weighted by Gasteiger charge is -2.46. The van der Waals surface area contributed by atoms with Gasteiger partial charge in [-0.25, -0.2) is 0 Å². The number of nitrogens with two attached hydrogens (primary N) is 1. The second-order valence-electron chi connectivity index (χ2n) is 5.30. The summed E-state index contributed by atoms with van der Waals surface area (Å²) in [7, 11) is 0. The highest BCUT2D eigenvalue weighted by molar-refractivity contribution is 5.03. The van der Waals surface area contributed by atoms with E-state index in [9.17, 15) is 0 Å². The molecule has 1 rings (SSSR count). The first-order valence-corrected chi connectivity index (χ1v) is 7.39. The molecule has 1 saturated carbocycles. The van der Waals surface area contributed by atoms with Gasteiger partial charge >= 0.3 is 0 Å². The maximum absolute atomic E-state index is 5.84. The molecule has 0 saturated heterocycles. The monoisotopic (exact) mass is 251 g/mol. The van der Waals surface area contributed by atoms with Crippen LogP contribution in [0.25, 0.3) is 0 Å². The van der Waals surface area contributed by atoms with E-state index in [-0.39, 0.29) is 5.54 Å². The second-order valence-corrected chi connectivity index (χ2v) is 5.30. The summed E-state index contributed by atoms with van der Waals surface area (Å²) in [4.78, 5) is 2.60. The minimum Gasteiger partial charge on any atom is -0.297 e. The van der Waals surface area contributed by atoms with Crippen LogP contribution in [0.1, 0.15) is 58.8 Å². The second kappa shape index (κ2) is 7.78. The topological polar surface area (TPSA) is 41.3 Å². The molecular formula is C15H29N3. The van der Waals surface area contributed by atoms with Crippen molar-refractivity contribution < 1.29 is 0 Å². The Morgan fingerprint density at radius 3 is 2.39 bits per heavy atom. The molecule has 0 aromatic carbocycles. The highest BCUT2D eigenvalue weighted by Crippen LogP contribution is 2.39. The normalized spacial score (nSPS) is 19.9. The zero-order valence-electron chi connectivity index (χ0n) is 12.0. The van der Waals surface area contributed by atoms with Crippen LogP contribution in [-0.2, 0) is 0 Å². The molecule has 1 aliphatic carbocycles. The molecule has 0 aromatic heterocycles. The van der Waals surface area contributed by atoms with E-state index < -0.39 is 0 Å². The molecule has 0 amide bonds. The van der Waals surface area contributed by atoms with Crippen molar-refractivity contribution in [1.29, 1.82) is 0 Å². The van der Waals surface area contributed by atoms with E-state index in [0.29, 0.717) is 6.04 Å². The van der Waals surface area contributed by atoms with E-state index in [1.807, 2.05) is 0 Å². The van der Waals surface area contributed by atoms with Gasteiger partial charge in [0.2, 0.25) is 0 Å². The first kappa shape index (κ1) is 15.5. The van der Waals surface area contributed by atoms with E-state index in [2.05, 4.69) is 30.1 Å². The molecule has 104 valence electrons. The molecule has 3 heteroatoms. The van der Waals surface area contributed by atoms with Crippen LogP contribution >= 0.6 is 0 Å². The summed E-state index contributed by atoms with van der Waals surface area (Å²) in [5, 5.41) is 0. The van der Waals surface area contributed by atoms with E-state index in [1.54, 1.807) is 0 Å². The van der Waals surface area contributed by atoms with Gasteiger partial charge in [-0.05, 0) is 38.8 Å². The summed E-state index contributed by atoms with van der Waals surface area (Å²) in [6.45, 7) is 6.70. The van der Waals surface area contributed by atoms with E-state index in [0.717, 1.165) is 32.4 Å². The predicted octanol–water partition coefficient (Wildman–Crippen LogP) is 2.28. The predicted molar refractivity (Wildman–Crippen MR) is 77.9 cm³/mol. The molecular weight excluding hydrogens is 222 g/mol. The number of unbranched alkanes of at least 4 members (excludes halogenated alkanes) is 1. The standard InChI is InChI=1S/C15H29N3/c1-4-7-8-11-14(17-16)15(12-9-10-13-15)18(5-2)6-3/h1,14,17H,5-13,16H2,2-3H3. The molecule has 1 unspecified atom stereocenters. The van der Waals surface area contributed by atoms with Gasteiger partial charge in [0.05, 0.1) is 0 Å². The van der Waals surface area contributed by atoms with Crippen LogP contribution in [0.3, 0.4) is 0 Å². The van der Waals surface area contributed by atoms with Crippen molar-refractivity contribution in [2.24, 2.45) is 5.84 Å². The molecule has 0 bridgehead atoms. The summed E-state index contributed by atoms with van der Waals surface area (Å²) in [6.07, 6.45) is 13.5. The van der Waals surface area contributed by atoms with Gasteiger partial charge in [-0.3, -0.25) is 16.2 Å². The van der Waals surface area contributed by atoms with Crippen molar-refractivity contribution in [1.82, 2.24) is 10.3 Å². The maximum Gasteiger partial charge on any atom is 0.0395 e. The molecule has 0 spiro atoms. The summed E-state index contributed by atoms with van der Waals surface area (Å²) >= 11 is 0. The number of terminal acetylenes is 1. The SMILES string of the molecule is C#CCCCC(NN)C1(N(CC)CC)CCCC1. The van der Waals surface area contributed by atoms with E-state index >= 15 is 0 Å². The molecule has 1 fully saturated rings. The number of hydrogen-bond acceptors (Lipinski definition) is 3. The number of nitrogens with one attached hydrogen (secondary N) is 1. The highest BCUT2D eigenvalue weighted by Gasteiger charge is 2.44. The Labute approximate surface area is 112 Å². The Hall–Kier alpha value is -0.560. The fourth-order valence-electron chi connectivity index (χ4n) is 3.64. The van der Waals surface area contributed by atoms with Gasteiger partial charge < -0.3 is 0 Å². The lowest BCUT2D eigenvalue weighted by molar-refractivity contribution is 0.0590. The largest absolute Gasteiger partial charge is 0.297 e. The molecule has 3 N–H and O–H groups in total. The minimum atomic E-state index is 0.257. The average Bonchev–Trinajstić information content (AvgIpc) is 2.86. The van der Waals surface area contributed by atoms with Gasteiger partial charge in [-0.1, -0.05) is 26.7 Å². The average molecular weight is 251 g/mol. The lowest BCUT2D eigenvalue weighted by atomic mass is 9.83. The zero-order valence-corrected chi connectivity index (χ0v) is 12.0. The minimum absolute atomic E-state index is 0.257. The van der Waals surface area contributed by atoms with Crippen LogP contribution in [-0.4, -0.2) is 29.6 Å². The highest BCUT2D eigenvalue weighted by atomic mass is 15.3. The van der Waals surface area contributed by atoms with Crippen LogP contribution in [0.2, 0.25) is 0 Å². The van der Waals surface area contributed by atoms with Gasteiger partial charge in [0, 0.05) is 18.0 Å². The molecule has 0 radical (unpaired) electrons. The number of nitrogens with zero attached hydrogens (tertiary/aromatic N) is 1. The zero-order chi connectivity index (χ0) is 13.4. The fourth-order valence-corrected chi connectivity index (χ4v) is 3.64. The molecule has 3 nitrogen and oxygen atoms in total. The Kier molecular flexibility index (Phi) is 6.70. The van der Waals surface area contributed by atoms with E-state index in [1.165, 1.54) is 25.7 Å². The number of hydrazine groups is 1. The maximum atomic E-state index is 5.84. The van der Waals surface area contributed by atoms with Crippen LogP contribution in [0.4, 0.5) is 0 Å². The third kappa shape index (κ3) is 3.26. The smallest absolute Gasteiger partial charge is 0.0395 e. The summed E-state index contributed by atoms with van der Waals surface area (Å²) in [6, 6.07) is 0.369. The fraction of sp³-hybridized carbons (Fsp3) is 0.867. The van der Waals surface area contributed by atoms with E-state index in [4.69, 9.17) is 12.3 Å². The molecule has 18 heavy (non-hydrogen) atoms. The number of likely N-dealkylation sites (N-methyl/N-ethyl adjacent to an activating group) is 1. The van der Waals surface area contributed by atoms with Crippen molar-refractivity contribution in [3.8, 4) is 12.3 Å². The molecule has 0 aliphatic heterocycles. The van der Waals surface area contributed by atoms with Crippen LogP contribution in [0.5, 0.6) is 0 Å². The first-order valence-electron chi connectivity index (χ1n) is 7.39. The van der Waals surface area contributed by atoms with Gasteiger partial charge in [0.25, 0.3) is 0 Å². The van der Waals surface area contributed by atoms with Gasteiger partial charge in [0.15, 0.2) is 0 Å². The molecule has 1 aliphatic rings.